The van der Waals surface area contributed by atoms with Crippen molar-refractivity contribution in [3.05, 3.63) is 47.7 Å². The summed E-state index contributed by atoms with van der Waals surface area (Å²) in [5.41, 5.74) is 2.43. The molecule has 0 aliphatic rings. The van der Waals surface area contributed by atoms with Crippen LogP contribution in [0.2, 0.25) is 0 Å². The molecule has 1 aromatic heterocycles. The summed E-state index contributed by atoms with van der Waals surface area (Å²) in [6.45, 7) is 11.0. The summed E-state index contributed by atoms with van der Waals surface area (Å²) in [6, 6.07) is 11.7. The van der Waals surface area contributed by atoms with E-state index >= 15 is 0 Å². The molecule has 0 radical (unpaired) electrons. The van der Waals surface area contributed by atoms with Crippen LogP contribution in [0.4, 0.5) is 0 Å². The molecule has 4 nitrogen and oxygen atoms in total. The van der Waals surface area contributed by atoms with Gasteiger partial charge in [0.25, 0.3) is 0 Å². The van der Waals surface area contributed by atoms with E-state index < -0.39 is 12.0 Å². The van der Waals surface area contributed by atoms with E-state index in [1.807, 2.05) is 26.0 Å². The molecule has 1 heterocycles. The third-order valence-electron chi connectivity index (χ3n) is 4.22. The van der Waals surface area contributed by atoms with Crippen LogP contribution in [0.3, 0.4) is 0 Å². The second kappa shape index (κ2) is 7.87. The Kier molecular flexibility index (Phi) is 6.07. The zero-order valence-corrected chi connectivity index (χ0v) is 15.8. The number of carbonyl (C=O) groups is 1. The van der Waals surface area contributed by atoms with Crippen LogP contribution in [0.5, 0.6) is 0 Å². The van der Waals surface area contributed by atoms with E-state index in [0.717, 1.165) is 17.1 Å². The molecule has 0 saturated carbocycles. The van der Waals surface area contributed by atoms with Gasteiger partial charge in [0, 0.05) is 5.56 Å². The van der Waals surface area contributed by atoms with Crippen molar-refractivity contribution in [3.63, 3.8) is 0 Å². The molecule has 136 valence electrons. The van der Waals surface area contributed by atoms with Gasteiger partial charge in [-0.25, -0.2) is 0 Å². The fourth-order valence-electron chi connectivity index (χ4n) is 2.73. The molecule has 1 aromatic carbocycles. The highest BCUT2D eigenvalue weighted by Gasteiger charge is 2.19. The zero-order valence-electron chi connectivity index (χ0n) is 15.8. The first-order chi connectivity index (χ1) is 11.7. The highest BCUT2D eigenvalue weighted by Crippen LogP contribution is 2.27. The van der Waals surface area contributed by atoms with Crippen LogP contribution in [0.1, 0.15) is 52.4 Å². The summed E-state index contributed by atoms with van der Waals surface area (Å²) in [4.78, 5) is 11.3. The largest absolute Gasteiger partial charge is 0.480 e. The molecule has 2 aromatic rings. The third kappa shape index (κ3) is 5.46. The molecule has 0 spiro atoms. The predicted molar refractivity (Wildman–Crippen MR) is 101 cm³/mol. The minimum Gasteiger partial charge on any atom is -0.480 e. The van der Waals surface area contributed by atoms with E-state index in [1.54, 1.807) is 0 Å². The smallest absolute Gasteiger partial charge is 0.320 e. The van der Waals surface area contributed by atoms with Crippen molar-refractivity contribution in [3.8, 4) is 11.3 Å². The van der Waals surface area contributed by atoms with Crippen LogP contribution in [-0.4, -0.2) is 17.1 Å². The Morgan fingerprint density at radius 1 is 1.12 bits per heavy atom. The van der Waals surface area contributed by atoms with Crippen LogP contribution < -0.4 is 5.32 Å². The van der Waals surface area contributed by atoms with Gasteiger partial charge in [-0.2, -0.15) is 0 Å². The van der Waals surface area contributed by atoms with Gasteiger partial charge in [-0.3, -0.25) is 10.1 Å². The summed E-state index contributed by atoms with van der Waals surface area (Å²) in [5, 5.41) is 12.3. The summed E-state index contributed by atoms with van der Waals surface area (Å²) in [5.74, 6) is 1.04. The molecule has 0 fully saturated rings. The number of benzene rings is 1. The highest BCUT2D eigenvalue weighted by molar-refractivity contribution is 5.73. The SMILES string of the molecule is CC(C)C[C@@H](NCc1ccc(-c2ccc(C(C)(C)C)cc2)o1)C(=O)O. The molecular weight excluding hydrogens is 314 g/mol. The Morgan fingerprint density at radius 3 is 2.28 bits per heavy atom. The van der Waals surface area contributed by atoms with Crippen molar-refractivity contribution in [2.75, 3.05) is 0 Å². The molecule has 2 N–H and O–H groups in total. The lowest BCUT2D eigenvalue weighted by Gasteiger charge is -2.18. The first-order valence-electron chi connectivity index (χ1n) is 8.82. The van der Waals surface area contributed by atoms with Gasteiger partial charge in [0.15, 0.2) is 0 Å². The number of nitrogens with one attached hydrogen (secondary N) is 1. The van der Waals surface area contributed by atoms with Crippen molar-refractivity contribution in [2.24, 2.45) is 5.92 Å². The summed E-state index contributed by atoms with van der Waals surface area (Å²) >= 11 is 0. The Bertz CT molecular complexity index is 693. The van der Waals surface area contributed by atoms with Gasteiger partial charge in [-0.05, 0) is 35.4 Å². The van der Waals surface area contributed by atoms with Gasteiger partial charge in [-0.1, -0.05) is 58.9 Å². The number of carboxylic acid groups (broad SMARTS) is 1. The van der Waals surface area contributed by atoms with Crippen LogP contribution in [0.25, 0.3) is 11.3 Å². The molecule has 4 heteroatoms. The Balaban J connectivity index is 2.03. The Hall–Kier alpha value is -2.07. The minimum absolute atomic E-state index is 0.124. The molecular formula is C21H29NO3. The van der Waals surface area contributed by atoms with Crippen LogP contribution >= 0.6 is 0 Å². The molecule has 0 unspecified atom stereocenters. The van der Waals surface area contributed by atoms with Crippen LogP contribution in [0.15, 0.2) is 40.8 Å². The summed E-state index contributed by atoms with van der Waals surface area (Å²) < 4.78 is 5.87. The molecule has 0 saturated heterocycles. The maximum atomic E-state index is 11.3. The van der Waals surface area contributed by atoms with Crippen molar-refractivity contribution in [1.82, 2.24) is 5.32 Å². The average molecular weight is 343 g/mol. The minimum atomic E-state index is -0.821. The van der Waals surface area contributed by atoms with Crippen LogP contribution in [-0.2, 0) is 16.8 Å². The number of aliphatic carboxylic acids is 1. The van der Waals surface area contributed by atoms with Crippen molar-refractivity contribution in [1.29, 1.82) is 0 Å². The number of furan rings is 1. The molecule has 2 rings (SSSR count). The maximum absolute atomic E-state index is 11.3. The van der Waals surface area contributed by atoms with E-state index in [9.17, 15) is 9.90 Å². The average Bonchev–Trinajstić information content (AvgIpc) is 2.99. The van der Waals surface area contributed by atoms with E-state index in [0.29, 0.717) is 18.9 Å². The van der Waals surface area contributed by atoms with Crippen molar-refractivity contribution < 1.29 is 14.3 Å². The topological polar surface area (TPSA) is 62.5 Å². The quantitative estimate of drug-likeness (QED) is 0.755. The van der Waals surface area contributed by atoms with Gasteiger partial charge in [0.1, 0.15) is 17.6 Å². The number of hydrogen-bond acceptors (Lipinski definition) is 3. The Labute approximate surface area is 150 Å². The zero-order chi connectivity index (χ0) is 18.6. The fourth-order valence-corrected chi connectivity index (χ4v) is 2.73. The molecule has 1 atom stereocenters. The summed E-state index contributed by atoms with van der Waals surface area (Å²) in [7, 11) is 0. The maximum Gasteiger partial charge on any atom is 0.320 e. The first-order valence-corrected chi connectivity index (χ1v) is 8.82. The lowest BCUT2D eigenvalue weighted by molar-refractivity contribution is -0.140. The van der Waals surface area contributed by atoms with Crippen molar-refractivity contribution >= 4 is 5.97 Å². The third-order valence-corrected chi connectivity index (χ3v) is 4.22. The van der Waals surface area contributed by atoms with Gasteiger partial charge in [0.2, 0.25) is 0 Å². The Morgan fingerprint density at radius 2 is 1.76 bits per heavy atom. The lowest BCUT2D eigenvalue weighted by Crippen LogP contribution is -2.37. The monoisotopic (exact) mass is 343 g/mol. The van der Waals surface area contributed by atoms with Gasteiger partial charge < -0.3 is 9.52 Å². The van der Waals surface area contributed by atoms with E-state index in [4.69, 9.17) is 4.42 Å². The second-order valence-electron chi connectivity index (χ2n) is 7.99. The molecule has 0 aliphatic heterocycles. The normalized spacial score (nSPS) is 13.2. The number of carboxylic acids is 1. The standard InChI is InChI=1S/C21H29NO3/c1-14(2)12-18(20(23)24)22-13-17-10-11-19(25-17)15-6-8-16(9-7-15)21(3,4)5/h6-11,14,18,22H,12-13H2,1-5H3,(H,23,24)/t18-/m1/s1. The summed E-state index contributed by atoms with van der Waals surface area (Å²) in [6.07, 6.45) is 0.594. The van der Waals surface area contributed by atoms with E-state index in [1.165, 1.54) is 5.56 Å². The molecule has 0 amide bonds. The fraction of sp³-hybridized carbons (Fsp3) is 0.476. The van der Waals surface area contributed by atoms with Gasteiger partial charge in [-0.15, -0.1) is 0 Å². The lowest BCUT2D eigenvalue weighted by atomic mass is 9.86. The molecule has 0 aliphatic carbocycles. The highest BCUT2D eigenvalue weighted by atomic mass is 16.4. The van der Waals surface area contributed by atoms with E-state index in [-0.39, 0.29) is 5.41 Å². The number of rotatable bonds is 7. The van der Waals surface area contributed by atoms with Gasteiger partial charge >= 0.3 is 5.97 Å². The van der Waals surface area contributed by atoms with Crippen molar-refractivity contribution in [2.45, 2.75) is 59.0 Å². The molecule has 25 heavy (non-hydrogen) atoms. The first kappa shape index (κ1) is 19.3. The van der Waals surface area contributed by atoms with Gasteiger partial charge in [0.05, 0.1) is 6.54 Å². The van der Waals surface area contributed by atoms with Crippen LogP contribution in [0, 0.1) is 5.92 Å². The second-order valence-corrected chi connectivity index (χ2v) is 7.99. The predicted octanol–water partition coefficient (Wildman–Crippen LogP) is 4.83. The van der Waals surface area contributed by atoms with E-state index in [2.05, 4.69) is 50.4 Å². The number of hydrogen-bond donors (Lipinski definition) is 2. The molecule has 0 bridgehead atoms.